The monoisotopic (exact) mass is 443 g/mol. The summed E-state index contributed by atoms with van der Waals surface area (Å²) in [7, 11) is 1.71. The summed E-state index contributed by atoms with van der Waals surface area (Å²) >= 11 is 6.06. The molecule has 2 unspecified atom stereocenters. The second kappa shape index (κ2) is 12.3. The van der Waals surface area contributed by atoms with Crippen molar-refractivity contribution < 1.29 is 14.6 Å². The van der Waals surface area contributed by atoms with Gasteiger partial charge in [-0.25, -0.2) is 0 Å². The predicted molar refractivity (Wildman–Crippen MR) is 112 cm³/mol. The number of hydrogen-bond acceptors (Lipinski definition) is 4. The molecule has 2 N–H and O–H groups in total. The van der Waals surface area contributed by atoms with Gasteiger partial charge in [-0.2, -0.15) is 0 Å². The van der Waals surface area contributed by atoms with Crippen molar-refractivity contribution >= 4 is 28.6 Å². The molecule has 0 heterocycles. The van der Waals surface area contributed by atoms with E-state index in [4.69, 9.17) is 26.2 Å². The van der Waals surface area contributed by atoms with Gasteiger partial charge in [0, 0.05) is 24.7 Å². The minimum atomic E-state index is -0.0320. The number of rotatable bonds is 10. The molecule has 144 valence electrons. The van der Waals surface area contributed by atoms with Crippen LogP contribution in [0.4, 0.5) is 0 Å². The van der Waals surface area contributed by atoms with Crippen LogP contribution in [0, 0.1) is 0 Å². The van der Waals surface area contributed by atoms with Crippen LogP contribution in [0.3, 0.4) is 0 Å². The van der Waals surface area contributed by atoms with Crippen molar-refractivity contribution in [3.05, 3.63) is 64.7 Å². The molecule has 2 atom stereocenters. The number of halogens is 2. The van der Waals surface area contributed by atoms with E-state index >= 15 is 0 Å². The summed E-state index contributed by atoms with van der Waals surface area (Å²) in [6.45, 7) is 3.21. The lowest BCUT2D eigenvalue weighted by molar-refractivity contribution is 0.0999. The fraction of sp³-hybridized carbons (Fsp3) is 0.400. The van der Waals surface area contributed by atoms with Crippen LogP contribution in [-0.2, 0) is 11.2 Å². The molecule has 0 saturated heterocycles. The van der Waals surface area contributed by atoms with E-state index < -0.39 is 0 Å². The van der Waals surface area contributed by atoms with Crippen LogP contribution in [0.1, 0.15) is 24.2 Å². The lowest BCUT2D eigenvalue weighted by atomic mass is 10.1. The van der Waals surface area contributed by atoms with Crippen molar-refractivity contribution in [2.75, 3.05) is 26.9 Å². The molecular weight excluding hydrogens is 418 g/mol. The molecule has 0 radical (unpaired) electrons. The van der Waals surface area contributed by atoms with Crippen molar-refractivity contribution in [1.82, 2.24) is 5.32 Å². The Labute approximate surface area is 171 Å². The quantitative estimate of drug-likeness (QED) is 0.577. The van der Waals surface area contributed by atoms with E-state index in [1.807, 2.05) is 36.4 Å². The first-order valence-corrected chi connectivity index (χ1v) is 8.84. The number of nitrogens with one attached hydrogen (secondary N) is 1. The van der Waals surface area contributed by atoms with Crippen molar-refractivity contribution in [2.45, 2.75) is 25.5 Å². The second-order valence-electron chi connectivity index (χ2n) is 6.01. The Morgan fingerprint density at radius 1 is 1.15 bits per heavy atom. The number of methoxy groups -OCH3 is 1. The molecular formula is C20H27BrClNO3. The second-order valence-corrected chi connectivity index (χ2v) is 6.45. The molecule has 2 aromatic carbocycles. The largest absolute Gasteiger partial charge is 0.491 e. The number of aliphatic hydroxyl groups excluding tert-OH is 1. The smallest absolute Gasteiger partial charge is 0.119 e. The van der Waals surface area contributed by atoms with Crippen molar-refractivity contribution in [2.24, 2.45) is 0 Å². The zero-order chi connectivity index (χ0) is 18.1. The summed E-state index contributed by atoms with van der Waals surface area (Å²) in [6.07, 6.45) is 0.877. The number of aliphatic hydroxyl groups is 1. The fourth-order valence-corrected chi connectivity index (χ4v) is 2.86. The van der Waals surface area contributed by atoms with Crippen LogP contribution in [-0.4, -0.2) is 38.0 Å². The van der Waals surface area contributed by atoms with Crippen molar-refractivity contribution in [3.63, 3.8) is 0 Å². The van der Waals surface area contributed by atoms with Crippen LogP contribution < -0.4 is 10.1 Å². The molecule has 0 bridgehead atoms. The molecule has 2 rings (SSSR count). The standard InChI is InChI=1S/C20H26ClNO3.BrH/c1-15(12-16-6-8-19(9-7-16)25-11-10-23)22-14-20(24-2)17-4-3-5-18(21)13-17;/h3-9,13,15,20,22-23H,10-12,14H2,1-2H3;1H. The predicted octanol–water partition coefficient (Wildman–Crippen LogP) is 4.20. The van der Waals surface area contributed by atoms with Gasteiger partial charge in [-0.05, 0) is 48.7 Å². The van der Waals surface area contributed by atoms with E-state index in [0.717, 1.165) is 29.3 Å². The molecule has 0 amide bonds. The van der Waals surface area contributed by atoms with Gasteiger partial charge in [-0.15, -0.1) is 17.0 Å². The molecule has 0 aliphatic rings. The maximum absolute atomic E-state index is 8.77. The first-order chi connectivity index (χ1) is 12.1. The van der Waals surface area contributed by atoms with Crippen LogP contribution in [0.25, 0.3) is 0 Å². The molecule has 0 aromatic heterocycles. The van der Waals surface area contributed by atoms with Crippen molar-refractivity contribution in [1.29, 1.82) is 0 Å². The fourth-order valence-electron chi connectivity index (χ4n) is 2.66. The molecule has 0 aliphatic heterocycles. The molecule has 0 spiro atoms. The van der Waals surface area contributed by atoms with Crippen LogP contribution in [0.2, 0.25) is 5.02 Å². The Morgan fingerprint density at radius 2 is 1.88 bits per heavy atom. The SMILES string of the molecule is Br.COC(CNC(C)Cc1ccc(OCCO)cc1)c1cccc(Cl)c1. The van der Waals surface area contributed by atoms with Gasteiger partial charge in [0.25, 0.3) is 0 Å². The summed E-state index contributed by atoms with van der Waals surface area (Å²) in [5.41, 5.74) is 2.30. The molecule has 0 fully saturated rings. The number of ether oxygens (including phenoxy) is 2. The van der Waals surface area contributed by atoms with Gasteiger partial charge in [0.2, 0.25) is 0 Å². The van der Waals surface area contributed by atoms with Gasteiger partial charge >= 0.3 is 0 Å². The van der Waals surface area contributed by atoms with Gasteiger partial charge in [0.05, 0.1) is 12.7 Å². The van der Waals surface area contributed by atoms with Crippen LogP contribution in [0.5, 0.6) is 5.75 Å². The van der Waals surface area contributed by atoms with E-state index in [-0.39, 0.29) is 29.7 Å². The average molecular weight is 445 g/mol. The van der Waals surface area contributed by atoms with E-state index in [1.54, 1.807) is 7.11 Å². The summed E-state index contributed by atoms with van der Waals surface area (Å²) in [4.78, 5) is 0. The number of hydrogen-bond donors (Lipinski definition) is 2. The van der Waals surface area contributed by atoms with Crippen LogP contribution >= 0.6 is 28.6 Å². The third kappa shape index (κ3) is 7.64. The third-order valence-corrected chi connectivity index (χ3v) is 4.22. The van der Waals surface area contributed by atoms with Crippen LogP contribution in [0.15, 0.2) is 48.5 Å². The molecule has 0 saturated carbocycles. The first kappa shape index (κ1) is 22.9. The van der Waals surface area contributed by atoms with Gasteiger partial charge in [0.1, 0.15) is 12.4 Å². The minimum Gasteiger partial charge on any atom is -0.491 e. The maximum Gasteiger partial charge on any atom is 0.119 e. The highest BCUT2D eigenvalue weighted by Gasteiger charge is 2.12. The van der Waals surface area contributed by atoms with Gasteiger partial charge < -0.3 is 19.9 Å². The Morgan fingerprint density at radius 3 is 2.50 bits per heavy atom. The van der Waals surface area contributed by atoms with E-state index in [9.17, 15) is 0 Å². The highest BCUT2D eigenvalue weighted by Crippen LogP contribution is 2.20. The molecule has 0 aliphatic carbocycles. The highest BCUT2D eigenvalue weighted by molar-refractivity contribution is 8.93. The summed E-state index contributed by atoms with van der Waals surface area (Å²) in [5, 5.41) is 13.0. The Bertz CT molecular complexity index is 639. The van der Waals surface area contributed by atoms with Crippen molar-refractivity contribution in [3.8, 4) is 5.75 Å². The zero-order valence-corrected chi connectivity index (χ0v) is 17.6. The Kier molecular flexibility index (Phi) is 10.9. The maximum atomic E-state index is 8.77. The lowest BCUT2D eigenvalue weighted by Crippen LogP contribution is -2.32. The Balaban J connectivity index is 0.00000338. The van der Waals surface area contributed by atoms with E-state index in [1.165, 1.54) is 5.56 Å². The highest BCUT2D eigenvalue weighted by atomic mass is 79.9. The average Bonchev–Trinajstić information content (AvgIpc) is 2.62. The minimum absolute atomic E-state index is 0. The topological polar surface area (TPSA) is 50.7 Å². The number of benzene rings is 2. The van der Waals surface area contributed by atoms with E-state index in [0.29, 0.717) is 12.6 Å². The normalized spacial score (nSPS) is 12.9. The lowest BCUT2D eigenvalue weighted by Gasteiger charge is -2.20. The van der Waals surface area contributed by atoms with Gasteiger partial charge in [-0.1, -0.05) is 35.9 Å². The summed E-state index contributed by atoms with van der Waals surface area (Å²) in [5.74, 6) is 0.777. The molecule has 4 nitrogen and oxygen atoms in total. The van der Waals surface area contributed by atoms with Gasteiger partial charge in [0.15, 0.2) is 0 Å². The summed E-state index contributed by atoms with van der Waals surface area (Å²) < 4.78 is 11.0. The molecule has 2 aromatic rings. The Hall–Kier alpha value is -1.11. The molecule has 26 heavy (non-hydrogen) atoms. The molecule has 6 heteroatoms. The zero-order valence-electron chi connectivity index (χ0n) is 15.2. The first-order valence-electron chi connectivity index (χ1n) is 8.46. The van der Waals surface area contributed by atoms with E-state index in [2.05, 4.69) is 24.4 Å². The van der Waals surface area contributed by atoms with Gasteiger partial charge in [-0.3, -0.25) is 0 Å². The summed E-state index contributed by atoms with van der Waals surface area (Å²) in [6, 6.07) is 16.0. The third-order valence-electron chi connectivity index (χ3n) is 3.98.